The molecule has 3 unspecified atom stereocenters. The van der Waals surface area contributed by atoms with Crippen molar-refractivity contribution in [3.8, 4) is 0 Å². The van der Waals surface area contributed by atoms with E-state index in [4.69, 9.17) is 4.74 Å². The summed E-state index contributed by atoms with van der Waals surface area (Å²) < 4.78 is 4.59. The molecule has 3 aliphatic rings. The maximum absolute atomic E-state index is 14.4. The maximum atomic E-state index is 14.4. The van der Waals surface area contributed by atoms with Gasteiger partial charge in [0.2, 0.25) is 5.91 Å². The summed E-state index contributed by atoms with van der Waals surface area (Å²) in [4.78, 5) is 44.2. The molecular weight excluding hydrogens is 520 g/mol. The van der Waals surface area contributed by atoms with Gasteiger partial charge < -0.3 is 19.6 Å². The lowest BCUT2D eigenvalue weighted by atomic mass is 9.71. The van der Waals surface area contributed by atoms with Gasteiger partial charge in [0.25, 0.3) is 5.91 Å². The average molecular weight is 552 g/mol. The summed E-state index contributed by atoms with van der Waals surface area (Å²) in [6.45, 7) is 9.81. The predicted molar refractivity (Wildman–Crippen MR) is 136 cm³/mol. The molecule has 3 fully saturated rings. The molecule has 1 N–H and O–H groups in total. The number of hydrogen-bond donors (Lipinski definition) is 1. The van der Waals surface area contributed by atoms with Gasteiger partial charge >= 0.3 is 5.97 Å². The van der Waals surface area contributed by atoms with Crippen molar-refractivity contribution in [1.29, 1.82) is 0 Å². The van der Waals surface area contributed by atoms with Crippen LogP contribution in [0.1, 0.15) is 24.5 Å². The molecule has 1 aromatic carbocycles. The number of carbonyl (C=O) groups excluding carboxylic acids is 3. The average Bonchev–Trinajstić information content (AvgIpc) is 3.37. The Morgan fingerprint density at radius 2 is 2.06 bits per heavy atom. The Morgan fingerprint density at radius 3 is 2.65 bits per heavy atom. The number of anilines is 1. The van der Waals surface area contributed by atoms with Gasteiger partial charge in [-0.1, -0.05) is 40.2 Å². The molecular formula is C25H31BrN2O5S. The molecule has 2 bridgehead atoms. The van der Waals surface area contributed by atoms with E-state index in [-0.39, 0.29) is 54.2 Å². The second-order valence-electron chi connectivity index (χ2n) is 9.15. The molecule has 3 heterocycles. The molecule has 2 amide bonds. The lowest BCUT2D eigenvalue weighted by Crippen LogP contribution is -2.56. The number of rotatable bonds is 8. The highest BCUT2D eigenvalue weighted by molar-refractivity contribution is 9.09. The van der Waals surface area contributed by atoms with E-state index in [2.05, 4.69) is 22.5 Å². The van der Waals surface area contributed by atoms with Crippen LogP contribution in [0, 0.1) is 25.7 Å². The molecule has 7 nitrogen and oxygen atoms in total. The summed E-state index contributed by atoms with van der Waals surface area (Å²) in [5.74, 6) is -2.12. The number of hydrogen-bond acceptors (Lipinski definition) is 6. The number of amides is 2. The molecule has 184 valence electrons. The van der Waals surface area contributed by atoms with E-state index >= 15 is 0 Å². The fourth-order valence-electron chi connectivity index (χ4n) is 6.06. The van der Waals surface area contributed by atoms with Crippen molar-refractivity contribution in [1.82, 2.24) is 4.90 Å². The Morgan fingerprint density at radius 1 is 1.38 bits per heavy atom. The molecule has 0 saturated carbocycles. The number of aryl methyl sites for hydroxylation is 2. The van der Waals surface area contributed by atoms with Gasteiger partial charge in [0, 0.05) is 28.9 Å². The number of alkyl halides is 1. The number of aliphatic hydroxyl groups is 1. The van der Waals surface area contributed by atoms with Crippen LogP contribution in [0.4, 0.5) is 5.69 Å². The predicted octanol–water partition coefficient (Wildman–Crippen LogP) is 2.84. The van der Waals surface area contributed by atoms with Gasteiger partial charge in [-0.25, -0.2) is 0 Å². The number of aliphatic hydroxyl groups excluding tert-OH is 1. The molecule has 6 atom stereocenters. The molecule has 4 rings (SSSR count). The monoisotopic (exact) mass is 550 g/mol. The van der Waals surface area contributed by atoms with Crippen LogP contribution in [-0.2, 0) is 19.1 Å². The van der Waals surface area contributed by atoms with E-state index in [1.165, 1.54) is 4.90 Å². The van der Waals surface area contributed by atoms with Crippen molar-refractivity contribution < 1.29 is 24.2 Å². The van der Waals surface area contributed by atoms with Gasteiger partial charge in [0.15, 0.2) is 0 Å². The van der Waals surface area contributed by atoms with Crippen molar-refractivity contribution in [3.05, 3.63) is 42.0 Å². The summed E-state index contributed by atoms with van der Waals surface area (Å²) >= 11 is 5.29. The first kappa shape index (κ1) is 25.3. The summed E-state index contributed by atoms with van der Waals surface area (Å²) in [7, 11) is 0. The number of nitrogens with zero attached hydrogens (tertiary/aromatic N) is 2. The number of fused-ring (bicyclic) bond motifs is 1. The fraction of sp³-hybridized carbons (Fsp3) is 0.560. The molecule has 0 aromatic heterocycles. The first-order valence-corrected chi connectivity index (χ1v) is 13.4. The molecule has 0 aliphatic carbocycles. The Labute approximate surface area is 213 Å². The van der Waals surface area contributed by atoms with E-state index in [0.29, 0.717) is 6.42 Å². The van der Waals surface area contributed by atoms with Crippen LogP contribution in [0.15, 0.2) is 30.9 Å². The van der Waals surface area contributed by atoms with E-state index in [9.17, 15) is 19.5 Å². The number of benzene rings is 1. The number of halogens is 1. The van der Waals surface area contributed by atoms with Gasteiger partial charge in [-0.3, -0.25) is 14.4 Å². The summed E-state index contributed by atoms with van der Waals surface area (Å²) in [5.41, 5.74) is 2.71. The van der Waals surface area contributed by atoms with Gasteiger partial charge in [0.05, 0.1) is 29.8 Å². The minimum atomic E-state index is -0.800. The zero-order valence-electron chi connectivity index (χ0n) is 19.7. The lowest BCUT2D eigenvalue weighted by Gasteiger charge is -2.38. The second-order valence-corrected chi connectivity index (χ2v) is 11.9. The minimum absolute atomic E-state index is 0.0200. The Bertz CT molecular complexity index is 999. The first-order valence-electron chi connectivity index (χ1n) is 11.6. The standard InChI is InChI=1S/C25H31BrN2O5S/c1-5-10-27(19-14(3)8-7-9-15(19)4)23(31)21-25-13-16(26)20(34-25)17(24(32)33-6-2)18(25)22(30)28(21)11-12-29/h5,7-9,16-18,20-21,29H,1,6,10-13H2,2-4H3/t16?,17-,18-,20-,21?,25?/m0/s1. The van der Waals surface area contributed by atoms with Crippen LogP contribution < -0.4 is 4.90 Å². The molecule has 1 spiro atoms. The van der Waals surface area contributed by atoms with E-state index in [1.807, 2.05) is 32.0 Å². The molecule has 1 aromatic rings. The fourth-order valence-corrected chi connectivity index (χ4v) is 9.66. The smallest absolute Gasteiger partial charge is 0.310 e. The third-order valence-corrected chi connectivity index (χ3v) is 10.4. The van der Waals surface area contributed by atoms with Crippen molar-refractivity contribution in [3.63, 3.8) is 0 Å². The lowest BCUT2D eigenvalue weighted by molar-refractivity contribution is -0.153. The largest absolute Gasteiger partial charge is 0.466 e. The second kappa shape index (κ2) is 9.66. The van der Waals surface area contributed by atoms with Crippen molar-refractivity contribution in [2.75, 3.05) is 31.2 Å². The SMILES string of the molecule is C=CCN(C(=O)C1N(CCO)C(=O)[C@@H]2[C@H](C(=O)OCC)[C@H]3SC12CC3Br)c1c(C)cccc1C. The van der Waals surface area contributed by atoms with E-state index in [1.54, 1.807) is 29.7 Å². The minimum Gasteiger partial charge on any atom is -0.466 e. The Hall–Kier alpha value is -1.84. The van der Waals surface area contributed by atoms with Crippen molar-refractivity contribution >= 4 is 51.2 Å². The van der Waals surface area contributed by atoms with Gasteiger partial charge in [0.1, 0.15) is 6.04 Å². The Balaban J connectivity index is 1.82. The summed E-state index contributed by atoms with van der Waals surface area (Å²) in [5, 5.41) is 9.64. The number of ether oxygens (including phenoxy) is 1. The van der Waals surface area contributed by atoms with Crippen LogP contribution in [0.5, 0.6) is 0 Å². The molecule has 9 heteroatoms. The zero-order valence-corrected chi connectivity index (χ0v) is 22.1. The highest BCUT2D eigenvalue weighted by Gasteiger charge is 2.76. The highest BCUT2D eigenvalue weighted by atomic mass is 79.9. The first-order chi connectivity index (χ1) is 16.2. The van der Waals surface area contributed by atoms with Gasteiger partial charge in [-0.05, 0) is 38.3 Å². The van der Waals surface area contributed by atoms with Crippen LogP contribution in [0.2, 0.25) is 0 Å². The highest BCUT2D eigenvalue weighted by Crippen LogP contribution is 2.68. The van der Waals surface area contributed by atoms with E-state index in [0.717, 1.165) is 16.8 Å². The Kier molecular flexibility index (Phi) is 7.18. The van der Waals surface area contributed by atoms with Crippen molar-refractivity contribution in [2.24, 2.45) is 11.8 Å². The normalized spacial score (nSPS) is 31.5. The summed E-state index contributed by atoms with van der Waals surface area (Å²) in [6.07, 6.45) is 2.27. The summed E-state index contributed by atoms with van der Waals surface area (Å²) in [6, 6.07) is 5.06. The van der Waals surface area contributed by atoms with Crippen LogP contribution in [0.25, 0.3) is 0 Å². The van der Waals surface area contributed by atoms with Crippen LogP contribution in [-0.4, -0.2) is 75.0 Å². The van der Waals surface area contributed by atoms with Gasteiger partial charge in [-0.2, -0.15) is 0 Å². The number of esters is 1. The molecule has 3 saturated heterocycles. The molecule has 0 radical (unpaired) electrons. The number of β-amino-alcohol motifs (C(OH)–C–C–N with tert-alkyl or cyclic N) is 1. The third-order valence-electron chi connectivity index (χ3n) is 7.21. The third kappa shape index (κ3) is 3.71. The number of thioether (sulfide) groups is 1. The maximum Gasteiger partial charge on any atom is 0.310 e. The quantitative estimate of drug-likeness (QED) is 0.304. The molecule has 3 aliphatic heterocycles. The molecule has 34 heavy (non-hydrogen) atoms. The van der Waals surface area contributed by atoms with Crippen molar-refractivity contribution in [2.45, 2.75) is 48.1 Å². The number of para-hydroxylation sites is 1. The number of carbonyl (C=O) groups is 3. The zero-order chi connectivity index (χ0) is 24.8. The van der Waals surface area contributed by atoms with Crippen LogP contribution >= 0.6 is 27.7 Å². The number of likely N-dealkylation sites (tertiary alicyclic amines) is 1. The topological polar surface area (TPSA) is 87.2 Å². The van der Waals surface area contributed by atoms with E-state index < -0.39 is 22.6 Å². The van der Waals surface area contributed by atoms with Gasteiger partial charge in [-0.15, -0.1) is 18.3 Å². The van der Waals surface area contributed by atoms with Crippen LogP contribution in [0.3, 0.4) is 0 Å².